The molecule has 0 aromatic heterocycles. The van der Waals surface area contributed by atoms with Crippen LogP contribution in [0.25, 0.3) is 0 Å². The molecule has 182 valence electrons. The van der Waals surface area contributed by atoms with E-state index >= 15 is 0 Å². The summed E-state index contributed by atoms with van der Waals surface area (Å²) in [7, 11) is 1.74. The van der Waals surface area contributed by atoms with Crippen LogP contribution in [0.3, 0.4) is 0 Å². The van der Waals surface area contributed by atoms with E-state index in [0.717, 1.165) is 55.8 Å². The Kier molecular flexibility index (Phi) is 5.08. The summed E-state index contributed by atoms with van der Waals surface area (Å²) >= 11 is 0. The van der Waals surface area contributed by atoms with Gasteiger partial charge in [0.2, 0.25) is 0 Å². The van der Waals surface area contributed by atoms with Gasteiger partial charge in [-0.05, 0) is 115 Å². The fourth-order valence-corrected chi connectivity index (χ4v) is 8.88. The van der Waals surface area contributed by atoms with E-state index in [4.69, 9.17) is 4.74 Å². The smallest absolute Gasteiger partial charge is 0.136 e. The van der Waals surface area contributed by atoms with Crippen molar-refractivity contribution in [2.75, 3.05) is 7.11 Å². The first-order chi connectivity index (χ1) is 16.2. The van der Waals surface area contributed by atoms with Crippen LogP contribution in [0.2, 0.25) is 0 Å². The molecule has 2 bridgehead atoms. The van der Waals surface area contributed by atoms with Crippen LogP contribution < -0.4 is 4.74 Å². The van der Waals surface area contributed by atoms with E-state index < -0.39 is 11.7 Å². The second-order valence-electron chi connectivity index (χ2n) is 12.8. The number of aliphatic hydroxyl groups excluding tert-OH is 1. The van der Waals surface area contributed by atoms with Gasteiger partial charge in [0.05, 0.1) is 7.11 Å². The first kappa shape index (κ1) is 22.7. The molecular weight excluding hydrogens is 420 g/mol. The molecule has 0 radical (unpaired) electrons. The quantitative estimate of drug-likeness (QED) is 0.444. The molecule has 3 saturated carbocycles. The van der Waals surface area contributed by atoms with E-state index in [1.165, 1.54) is 24.0 Å². The SMILES string of the molecule is COc1ccc2c(c1)CC[C@@H]1[C@@H]2CC[C@@]2(C)[C@H]1CC[C@@]2(O)C#CC(O)C1=CC[C@@H]2C[C@@H]1C2(C)C. The van der Waals surface area contributed by atoms with Gasteiger partial charge in [0.15, 0.2) is 0 Å². The molecule has 0 aliphatic heterocycles. The standard InChI is InChI=1S/C31H40O3/c1-29(2)20-6-9-25(27(29)18-20)28(32)13-16-31(33)15-12-26-24-8-5-19-17-21(34-4)7-10-22(19)23(24)11-14-30(26,31)3/h7,9-10,17,20,23-24,26-28,32-33H,5-6,8,11-12,14-15,18H2,1-4H3/t20-,23-,24-,26+,27+,28?,30+,31-/m1/s1. The molecule has 0 saturated heterocycles. The van der Waals surface area contributed by atoms with Gasteiger partial charge in [-0.15, -0.1) is 0 Å². The lowest BCUT2D eigenvalue weighted by atomic mass is 9.48. The van der Waals surface area contributed by atoms with Crippen molar-refractivity contribution in [3.05, 3.63) is 41.0 Å². The van der Waals surface area contributed by atoms with E-state index in [1.807, 2.05) is 0 Å². The highest BCUT2D eigenvalue weighted by Crippen LogP contribution is 2.64. The fourth-order valence-electron chi connectivity index (χ4n) is 8.88. The molecule has 1 aromatic carbocycles. The summed E-state index contributed by atoms with van der Waals surface area (Å²) in [5, 5.41) is 22.9. The molecule has 3 nitrogen and oxygen atoms in total. The third kappa shape index (κ3) is 3.04. The van der Waals surface area contributed by atoms with Crippen molar-refractivity contribution in [1.82, 2.24) is 0 Å². The lowest BCUT2D eigenvalue weighted by molar-refractivity contribution is -0.0650. The molecule has 7 rings (SSSR count). The molecule has 0 spiro atoms. The summed E-state index contributed by atoms with van der Waals surface area (Å²) in [4.78, 5) is 0. The highest BCUT2D eigenvalue weighted by atomic mass is 16.5. The molecule has 0 heterocycles. The molecule has 8 atom stereocenters. The number of benzene rings is 1. The molecular formula is C31H40O3. The molecule has 6 aliphatic rings. The Morgan fingerprint density at radius 3 is 2.68 bits per heavy atom. The Balaban J connectivity index is 1.24. The van der Waals surface area contributed by atoms with Gasteiger partial charge in [-0.1, -0.05) is 44.8 Å². The Morgan fingerprint density at radius 2 is 1.94 bits per heavy atom. The predicted molar refractivity (Wildman–Crippen MR) is 134 cm³/mol. The number of hydrogen-bond donors (Lipinski definition) is 2. The first-order valence-electron chi connectivity index (χ1n) is 13.5. The van der Waals surface area contributed by atoms with Crippen molar-refractivity contribution in [2.45, 2.75) is 89.8 Å². The molecule has 1 unspecified atom stereocenters. The summed E-state index contributed by atoms with van der Waals surface area (Å²) in [5.74, 6) is 10.3. The number of rotatable bonds is 2. The minimum Gasteiger partial charge on any atom is -0.497 e. The Labute approximate surface area is 205 Å². The van der Waals surface area contributed by atoms with Crippen molar-refractivity contribution in [2.24, 2.45) is 34.5 Å². The van der Waals surface area contributed by atoms with E-state index in [1.54, 1.807) is 7.11 Å². The van der Waals surface area contributed by atoms with Crippen LogP contribution in [0, 0.1) is 46.3 Å². The largest absolute Gasteiger partial charge is 0.497 e. The monoisotopic (exact) mass is 460 g/mol. The average Bonchev–Trinajstić information content (AvgIpc) is 3.12. The van der Waals surface area contributed by atoms with Gasteiger partial charge in [-0.2, -0.15) is 0 Å². The lowest BCUT2D eigenvalue weighted by Crippen LogP contribution is -2.50. The normalized spacial score (nSPS) is 42.1. The summed E-state index contributed by atoms with van der Waals surface area (Å²) < 4.78 is 5.47. The van der Waals surface area contributed by atoms with E-state index in [0.29, 0.717) is 23.7 Å². The number of ether oxygens (including phenoxy) is 1. The van der Waals surface area contributed by atoms with Crippen molar-refractivity contribution < 1.29 is 14.9 Å². The fraction of sp³-hybridized carbons (Fsp3) is 0.677. The van der Waals surface area contributed by atoms with Gasteiger partial charge < -0.3 is 14.9 Å². The minimum atomic E-state index is -1.00. The van der Waals surface area contributed by atoms with E-state index in [9.17, 15) is 10.2 Å². The van der Waals surface area contributed by atoms with Crippen LogP contribution in [0.15, 0.2) is 29.8 Å². The summed E-state index contributed by atoms with van der Waals surface area (Å²) in [6.07, 6.45) is 9.84. The van der Waals surface area contributed by atoms with Crippen LogP contribution in [0.1, 0.15) is 82.8 Å². The molecule has 2 N–H and O–H groups in total. The van der Waals surface area contributed by atoms with Gasteiger partial charge in [0.1, 0.15) is 17.5 Å². The highest BCUT2D eigenvalue weighted by molar-refractivity contribution is 5.42. The van der Waals surface area contributed by atoms with Crippen molar-refractivity contribution in [3.63, 3.8) is 0 Å². The Hall–Kier alpha value is -1.76. The Bertz CT molecular complexity index is 1090. The zero-order chi connectivity index (χ0) is 23.9. The number of aliphatic hydroxyl groups is 2. The predicted octanol–water partition coefficient (Wildman–Crippen LogP) is 5.64. The Morgan fingerprint density at radius 1 is 1.12 bits per heavy atom. The first-order valence-corrected chi connectivity index (χ1v) is 13.5. The summed E-state index contributed by atoms with van der Waals surface area (Å²) in [6, 6.07) is 6.62. The maximum absolute atomic E-state index is 11.9. The van der Waals surface area contributed by atoms with E-state index in [-0.39, 0.29) is 10.8 Å². The number of fused-ring (bicyclic) bond motifs is 6. The number of methoxy groups -OCH3 is 1. The maximum Gasteiger partial charge on any atom is 0.136 e. The maximum atomic E-state index is 11.9. The molecule has 1 aromatic rings. The molecule has 6 aliphatic carbocycles. The van der Waals surface area contributed by atoms with Crippen LogP contribution >= 0.6 is 0 Å². The molecule has 3 heteroatoms. The van der Waals surface area contributed by atoms with Crippen LogP contribution in [-0.4, -0.2) is 29.0 Å². The third-order valence-corrected chi connectivity index (χ3v) is 11.3. The zero-order valence-electron chi connectivity index (χ0n) is 21.2. The van der Waals surface area contributed by atoms with Crippen LogP contribution in [0.5, 0.6) is 5.75 Å². The summed E-state index contributed by atoms with van der Waals surface area (Å²) in [5.41, 5.74) is 3.12. The highest BCUT2D eigenvalue weighted by Gasteiger charge is 2.61. The van der Waals surface area contributed by atoms with Gasteiger partial charge in [0, 0.05) is 5.41 Å². The van der Waals surface area contributed by atoms with E-state index in [2.05, 4.69) is 56.9 Å². The molecule has 3 fully saturated rings. The van der Waals surface area contributed by atoms with Crippen LogP contribution in [-0.2, 0) is 6.42 Å². The van der Waals surface area contributed by atoms with Crippen molar-refractivity contribution in [1.29, 1.82) is 0 Å². The van der Waals surface area contributed by atoms with Crippen molar-refractivity contribution >= 4 is 0 Å². The van der Waals surface area contributed by atoms with Gasteiger partial charge in [0.25, 0.3) is 0 Å². The number of allylic oxidation sites excluding steroid dienone is 1. The number of aryl methyl sites for hydroxylation is 1. The van der Waals surface area contributed by atoms with Gasteiger partial charge in [-0.3, -0.25) is 0 Å². The zero-order valence-corrected chi connectivity index (χ0v) is 21.2. The average molecular weight is 461 g/mol. The minimum absolute atomic E-state index is 0.202. The third-order valence-electron chi connectivity index (χ3n) is 11.3. The van der Waals surface area contributed by atoms with Crippen LogP contribution in [0.4, 0.5) is 0 Å². The molecule has 34 heavy (non-hydrogen) atoms. The van der Waals surface area contributed by atoms with Crippen molar-refractivity contribution in [3.8, 4) is 17.6 Å². The second kappa shape index (κ2) is 7.62. The summed E-state index contributed by atoms with van der Waals surface area (Å²) in [6.45, 7) is 6.93. The molecule has 0 amide bonds. The topological polar surface area (TPSA) is 49.7 Å². The van der Waals surface area contributed by atoms with Gasteiger partial charge >= 0.3 is 0 Å². The number of hydrogen-bond acceptors (Lipinski definition) is 3. The lowest BCUT2D eigenvalue weighted by Gasteiger charge is -2.56. The van der Waals surface area contributed by atoms with Gasteiger partial charge in [-0.25, -0.2) is 0 Å². The second-order valence-corrected chi connectivity index (χ2v) is 12.8.